The number of carbonyl (C=O) groups excluding carboxylic acids is 2. The number of rotatable bonds is 13. The van der Waals surface area contributed by atoms with Crippen molar-refractivity contribution in [1.82, 2.24) is 15.2 Å². The quantitative estimate of drug-likeness (QED) is 0.0838. The molecule has 1 aliphatic rings. The summed E-state index contributed by atoms with van der Waals surface area (Å²) in [5.74, 6) is 1.03. The highest BCUT2D eigenvalue weighted by atomic mass is 32.2. The zero-order valence-corrected chi connectivity index (χ0v) is 35.2. The number of hydrogen-bond acceptors (Lipinski definition) is 10. The minimum atomic E-state index is -3.74. The summed E-state index contributed by atoms with van der Waals surface area (Å²) in [5.41, 5.74) is 7.82. The van der Waals surface area contributed by atoms with Crippen molar-refractivity contribution < 1.29 is 41.0 Å². The Kier molecular flexibility index (Phi) is 12.4. The molecule has 14 nitrogen and oxygen atoms in total. The number of primary amides is 1. The number of benzene rings is 4. The molecular formula is C43H49F2N7O7S. The molecule has 6 rings (SSSR count). The number of sulfonamides is 1. The number of nitrogens with zero attached hydrogens (tertiary/aromatic N) is 3. The first-order valence-electron chi connectivity index (χ1n) is 19.2. The van der Waals surface area contributed by atoms with Crippen LogP contribution in [-0.2, 0) is 15.4 Å². The van der Waals surface area contributed by atoms with Gasteiger partial charge in [-0.15, -0.1) is 0 Å². The van der Waals surface area contributed by atoms with Gasteiger partial charge in [0, 0.05) is 47.8 Å². The fourth-order valence-electron chi connectivity index (χ4n) is 7.13. The molecule has 1 aromatic heterocycles. The van der Waals surface area contributed by atoms with E-state index in [1.165, 1.54) is 26.0 Å². The number of ether oxygens (including phenoxy) is 3. The topological polar surface area (TPSA) is 177 Å². The molecule has 60 heavy (non-hydrogen) atoms. The van der Waals surface area contributed by atoms with Crippen LogP contribution < -0.4 is 40.2 Å². The van der Waals surface area contributed by atoms with Crippen molar-refractivity contribution in [2.45, 2.75) is 64.6 Å². The van der Waals surface area contributed by atoms with Gasteiger partial charge in [0.05, 0.1) is 49.3 Å². The predicted molar refractivity (Wildman–Crippen MR) is 229 cm³/mol. The summed E-state index contributed by atoms with van der Waals surface area (Å²) < 4.78 is 74.0. The van der Waals surface area contributed by atoms with Gasteiger partial charge >= 0.3 is 12.1 Å². The molecule has 0 radical (unpaired) electrons. The van der Waals surface area contributed by atoms with Crippen LogP contribution in [0, 0.1) is 0 Å². The average Bonchev–Trinajstić information content (AvgIpc) is 3.17. The number of nitrogens with two attached hydrogens (primary N) is 1. The molecule has 5 aromatic rings. The van der Waals surface area contributed by atoms with Crippen LogP contribution in [0.15, 0.2) is 85.1 Å². The summed E-state index contributed by atoms with van der Waals surface area (Å²) in [6.45, 7) is 7.59. The Labute approximate surface area is 348 Å². The highest BCUT2D eigenvalue weighted by molar-refractivity contribution is 7.92. The maximum Gasteiger partial charge on any atom is 0.324 e. The van der Waals surface area contributed by atoms with Crippen molar-refractivity contribution >= 4 is 61.3 Å². The highest BCUT2D eigenvalue weighted by Gasteiger charge is 2.42. The van der Waals surface area contributed by atoms with Gasteiger partial charge in [-0.1, -0.05) is 45.0 Å². The number of aromatic nitrogens is 1. The number of amides is 3. The molecule has 17 heteroatoms. The van der Waals surface area contributed by atoms with E-state index in [-0.39, 0.29) is 41.4 Å². The van der Waals surface area contributed by atoms with E-state index in [1.807, 2.05) is 39.0 Å². The number of likely N-dealkylation sites (tertiary alicyclic amines) is 1. The molecule has 4 aromatic carbocycles. The number of urea groups is 1. The van der Waals surface area contributed by atoms with Gasteiger partial charge < -0.3 is 30.6 Å². The molecule has 1 saturated heterocycles. The minimum absolute atomic E-state index is 0.0961. The summed E-state index contributed by atoms with van der Waals surface area (Å²) >= 11 is 0. The van der Waals surface area contributed by atoms with Crippen LogP contribution in [0.3, 0.4) is 0 Å². The summed E-state index contributed by atoms with van der Waals surface area (Å²) in [5, 5.41) is 7.09. The van der Waals surface area contributed by atoms with Gasteiger partial charge in [-0.25, -0.2) is 23.1 Å². The SMILES string of the molecule is COc1cc(Nc2cc(Oc3ccc(N(C(N)=O)c4cc(C(C)(C)C)cc(NS(C)(=O)=O)c4OC)c4ccccc34)ccn2)ccc1C(=O)NC(C)N1CCCCC1(F)F. The van der Waals surface area contributed by atoms with Crippen LogP contribution in [0.1, 0.15) is 62.9 Å². The fraction of sp³-hybridized carbons (Fsp3) is 0.326. The van der Waals surface area contributed by atoms with Crippen molar-refractivity contribution in [3.8, 4) is 23.0 Å². The molecule has 3 amide bonds. The second kappa shape index (κ2) is 17.2. The maximum atomic E-state index is 14.5. The summed E-state index contributed by atoms with van der Waals surface area (Å²) in [6.07, 6.45) is 2.48. The lowest BCUT2D eigenvalue weighted by atomic mass is 9.86. The Morgan fingerprint density at radius 3 is 2.32 bits per heavy atom. The van der Waals surface area contributed by atoms with E-state index in [1.54, 1.807) is 66.9 Å². The number of methoxy groups -OCH3 is 2. The van der Waals surface area contributed by atoms with Gasteiger partial charge in [-0.2, -0.15) is 8.78 Å². The van der Waals surface area contributed by atoms with Gasteiger partial charge in [-0.05, 0) is 73.2 Å². The summed E-state index contributed by atoms with van der Waals surface area (Å²) in [7, 11) is -0.947. The fourth-order valence-corrected chi connectivity index (χ4v) is 7.68. The molecule has 318 valence electrons. The van der Waals surface area contributed by atoms with Crippen molar-refractivity contribution in [1.29, 1.82) is 0 Å². The lowest BCUT2D eigenvalue weighted by Gasteiger charge is -2.39. The number of fused-ring (bicyclic) bond motifs is 1. The number of nitrogens with one attached hydrogen (secondary N) is 3. The first-order valence-corrected chi connectivity index (χ1v) is 21.0. The Bertz CT molecular complexity index is 2530. The molecule has 1 fully saturated rings. The third kappa shape index (κ3) is 9.63. The standard InChI is InChI=1S/C43H49F2N7O7S/c1-26(51-21-11-10-19-43(51,44)45)48-40(53)32-15-14-28(24-37(32)57-5)49-38-25-29(18-20-47-38)59-36-17-16-34(30-12-8-9-13-31(30)36)52(41(46)54)35-23-27(42(2,3)4)22-33(39(35)58-6)50-60(7,55)56/h8-9,12-18,20,22-26,50H,10-11,19,21H2,1-7H3,(H2,46,54)(H,47,49)(H,48,53). The molecule has 1 aliphatic heterocycles. The summed E-state index contributed by atoms with van der Waals surface area (Å²) in [4.78, 5) is 33.3. The van der Waals surface area contributed by atoms with Crippen molar-refractivity contribution in [3.05, 3.63) is 96.2 Å². The Hall–Kier alpha value is -6.20. The first-order chi connectivity index (χ1) is 28.3. The molecule has 0 saturated carbocycles. The van der Waals surface area contributed by atoms with Gasteiger partial charge in [0.2, 0.25) is 10.0 Å². The third-order valence-electron chi connectivity index (χ3n) is 10.0. The van der Waals surface area contributed by atoms with Gasteiger partial charge in [-0.3, -0.25) is 14.4 Å². The molecule has 0 bridgehead atoms. The molecule has 1 unspecified atom stereocenters. The Morgan fingerprint density at radius 2 is 1.67 bits per heavy atom. The maximum absolute atomic E-state index is 14.5. The van der Waals surface area contributed by atoms with E-state index in [2.05, 4.69) is 20.3 Å². The number of piperidine rings is 1. The van der Waals surface area contributed by atoms with E-state index < -0.39 is 39.6 Å². The van der Waals surface area contributed by atoms with Crippen molar-refractivity contribution in [3.63, 3.8) is 0 Å². The number of carbonyl (C=O) groups is 2. The zero-order chi connectivity index (χ0) is 43.6. The van der Waals surface area contributed by atoms with E-state index in [4.69, 9.17) is 19.9 Å². The van der Waals surface area contributed by atoms with Crippen LogP contribution in [-0.4, -0.2) is 69.5 Å². The summed E-state index contributed by atoms with van der Waals surface area (Å²) in [6, 6.07) is 18.4. The Morgan fingerprint density at radius 1 is 0.933 bits per heavy atom. The van der Waals surface area contributed by atoms with E-state index in [9.17, 15) is 26.8 Å². The first kappa shape index (κ1) is 43.4. The number of pyridine rings is 1. The van der Waals surface area contributed by atoms with Crippen LogP contribution in [0.5, 0.6) is 23.0 Å². The molecule has 0 aliphatic carbocycles. The van der Waals surface area contributed by atoms with Gasteiger partial charge in [0.25, 0.3) is 5.91 Å². The van der Waals surface area contributed by atoms with Gasteiger partial charge in [0.15, 0.2) is 5.75 Å². The molecule has 1 atom stereocenters. The second-order valence-corrected chi connectivity index (χ2v) is 17.2. The van der Waals surface area contributed by atoms with E-state index >= 15 is 0 Å². The average molecular weight is 846 g/mol. The Balaban J connectivity index is 1.28. The van der Waals surface area contributed by atoms with E-state index in [0.717, 1.165) is 16.7 Å². The highest BCUT2D eigenvalue weighted by Crippen LogP contribution is 2.46. The minimum Gasteiger partial charge on any atom is -0.496 e. The molecular weight excluding hydrogens is 797 g/mol. The largest absolute Gasteiger partial charge is 0.496 e. The number of hydrogen-bond donors (Lipinski definition) is 4. The molecule has 2 heterocycles. The zero-order valence-electron chi connectivity index (χ0n) is 34.4. The smallest absolute Gasteiger partial charge is 0.324 e. The van der Waals surface area contributed by atoms with Crippen LogP contribution >= 0.6 is 0 Å². The normalized spacial score (nSPS) is 14.8. The monoisotopic (exact) mass is 845 g/mol. The number of halogens is 2. The number of alkyl halides is 2. The van der Waals surface area contributed by atoms with Crippen LogP contribution in [0.2, 0.25) is 0 Å². The lowest BCUT2D eigenvalue weighted by molar-refractivity contribution is -0.185. The van der Waals surface area contributed by atoms with Crippen LogP contribution in [0.4, 0.5) is 42.1 Å². The van der Waals surface area contributed by atoms with Gasteiger partial charge in [0.1, 0.15) is 23.1 Å². The lowest BCUT2D eigenvalue weighted by Crippen LogP contribution is -2.56. The van der Waals surface area contributed by atoms with Crippen molar-refractivity contribution in [2.24, 2.45) is 5.73 Å². The van der Waals surface area contributed by atoms with Crippen molar-refractivity contribution in [2.75, 3.05) is 42.0 Å². The number of anilines is 5. The third-order valence-corrected chi connectivity index (χ3v) is 10.6. The van der Waals surface area contributed by atoms with E-state index in [0.29, 0.717) is 52.3 Å². The van der Waals surface area contributed by atoms with Crippen LogP contribution in [0.25, 0.3) is 10.8 Å². The molecule has 0 spiro atoms. The second-order valence-electron chi connectivity index (χ2n) is 15.5. The predicted octanol–water partition coefficient (Wildman–Crippen LogP) is 8.83. The molecule has 5 N–H and O–H groups in total.